The number of hydrogen-bond acceptors (Lipinski definition) is 4. The van der Waals surface area contributed by atoms with Crippen molar-refractivity contribution in [2.24, 2.45) is 0 Å². The number of rotatable bonds is 8. The van der Waals surface area contributed by atoms with Gasteiger partial charge in [-0.3, -0.25) is 4.79 Å². The molecule has 0 aromatic carbocycles. The van der Waals surface area contributed by atoms with E-state index in [2.05, 4.69) is 0 Å². The van der Waals surface area contributed by atoms with Gasteiger partial charge in [0.2, 0.25) is 0 Å². The molecule has 0 aromatic heterocycles. The van der Waals surface area contributed by atoms with Crippen LogP contribution in [0, 0.1) is 0 Å². The number of hydrogen-bond donors (Lipinski definition) is 0. The molecule has 1 atom stereocenters. The minimum atomic E-state index is -0.207. The van der Waals surface area contributed by atoms with Gasteiger partial charge < -0.3 is 14.2 Å². The average Bonchev–Trinajstić information content (AvgIpc) is 2.18. The maximum atomic E-state index is 11.0. The van der Waals surface area contributed by atoms with Gasteiger partial charge in [0.05, 0.1) is 25.7 Å². The molecule has 0 saturated carbocycles. The van der Waals surface area contributed by atoms with Crippen molar-refractivity contribution in [3.63, 3.8) is 0 Å². The van der Waals surface area contributed by atoms with Crippen molar-refractivity contribution >= 4 is 5.97 Å². The lowest BCUT2D eigenvalue weighted by molar-refractivity contribution is -0.145. The molecule has 0 spiro atoms. The van der Waals surface area contributed by atoms with Gasteiger partial charge in [0, 0.05) is 20.1 Å². The van der Waals surface area contributed by atoms with E-state index in [0.717, 1.165) is 6.42 Å². The highest BCUT2D eigenvalue weighted by atomic mass is 16.5. The van der Waals surface area contributed by atoms with Gasteiger partial charge in [-0.15, -0.1) is 0 Å². The van der Waals surface area contributed by atoms with Crippen LogP contribution in [0.15, 0.2) is 0 Å². The van der Waals surface area contributed by atoms with E-state index >= 15 is 0 Å². The van der Waals surface area contributed by atoms with Crippen LogP contribution in [0.3, 0.4) is 0 Å². The molecule has 0 saturated heterocycles. The van der Waals surface area contributed by atoms with Gasteiger partial charge in [-0.25, -0.2) is 0 Å². The van der Waals surface area contributed by atoms with Crippen LogP contribution >= 0.6 is 0 Å². The van der Waals surface area contributed by atoms with Gasteiger partial charge in [0.15, 0.2) is 0 Å². The van der Waals surface area contributed by atoms with Crippen LogP contribution in [0.2, 0.25) is 0 Å². The maximum absolute atomic E-state index is 11.0. The molecule has 1 unspecified atom stereocenters. The molecule has 0 fully saturated rings. The van der Waals surface area contributed by atoms with Crippen LogP contribution in [-0.2, 0) is 19.0 Å². The summed E-state index contributed by atoms with van der Waals surface area (Å²) in [6.07, 6.45) is 1.20. The zero-order chi connectivity index (χ0) is 10.8. The molecule has 0 radical (unpaired) electrons. The summed E-state index contributed by atoms with van der Waals surface area (Å²) >= 11 is 0. The Bertz CT molecular complexity index is 147. The predicted molar refractivity (Wildman–Crippen MR) is 53.2 cm³/mol. The molecular weight excluding hydrogens is 184 g/mol. The van der Waals surface area contributed by atoms with Crippen molar-refractivity contribution in [3.8, 4) is 0 Å². The topological polar surface area (TPSA) is 44.8 Å². The fourth-order valence-electron chi connectivity index (χ4n) is 0.829. The number of ether oxygens (including phenoxy) is 3. The van der Waals surface area contributed by atoms with Crippen LogP contribution in [0.4, 0.5) is 0 Å². The fraction of sp³-hybridized carbons (Fsp3) is 0.900. The normalized spacial score (nSPS) is 12.5. The van der Waals surface area contributed by atoms with Gasteiger partial charge >= 0.3 is 5.97 Å². The summed E-state index contributed by atoms with van der Waals surface area (Å²) in [7, 11) is 1.64. The van der Waals surface area contributed by atoms with Crippen molar-refractivity contribution in [2.45, 2.75) is 32.8 Å². The summed E-state index contributed by atoms with van der Waals surface area (Å²) in [5.74, 6) is -0.207. The molecule has 0 aliphatic heterocycles. The number of esters is 1. The van der Waals surface area contributed by atoms with Gasteiger partial charge in [-0.1, -0.05) is 0 Å². The highest BCUT2D eigenvalue weighted by Crippen LogP contribution is 1.97. The standard InChI is InChI=1S/C10H20O4/c1-4-13-7-6-10(11)14-8-5-9(2)12-3/h9H,4-8H2,1-3H3. The van der Waals surface area contributed by atoms with Gasteiger partial charge in [-0.05, 0) is 13.8 Å². The first-order valence-electron chi connectivity index (χ1n) is 4.96. The van der Waals surface area contributed by atoms with Gasteiger partial charge in [0.1, 0.15) is 0 Å². The Labute approximate surface area is 85.5 Å². The summed E-state index contributed by atoms with van der Waals surface area (Å²) in [5.41, 5.74) is 0. The lowest BCUT2D eigenvalue weighted by Crippen LogP contribution is -2.13. The highest BCUT2D eigenvalue weighted by molar-refractivity contribution is 5.69. The Balaban J connectivity index is 3.26. The van der Waals surface area contributed by atoms with E-state index in [1.165, 1.54) is 0 Å². The van der Waals surface area contributed by atoms with Crippen molar-refractivity contribution in [1.82, 2.24) is 0 Å². The Kier molecular flexibility index (Phi) is 8.57. The van der Waals surface area contributed by atoms with Crippen LogP contribution < -0.4 is 0 Å². The molecule has 0 rings (SSSR count). The first-order valence-corrected chi connectivity index (χ1v) is 4.96. The summed E-state index contributed by atoms with van der Waals surface area (Å²) in [6.45, 7) is 5.32. The summed E-state index contributed by atoms with van der Waals surface area (Å²) in [6, 6.07) is 0. The number of methoxy groups -OCH3 is 1. The molecule has 0 aliphatic carbocycles. The van der Waals surface area contributed by atoms with E-state index in [0.29, 0.717) is 26.2 Å². The third-order valence-corrected chi connectivity index (χ3v) is 1.84. The molecule has 14 heavy (non-hydrogen) atoms. The lowest BCUT2D eigenvalue weighted by Gasteiger charge is -2.09. The van der Waals surface area contributed by atoms with E-state index in [1.807, 2.05) is 13.8 Å². The first kappa shape index (κ1) is 13.4. The fourth-order valence-corrected chi connectivity index (χ4v) is 0.829. The molecular formula is C10H20O4. The molecule has 0 N–H and O–H groups in total. The Morgan fingerprint density at radius 2 is 2.07 bits per heavy atom. The second-order valence-corrected chi connectivity index (χ2v) is 3.00. The Morgan fingerprint density at radius 1 is 1.36 bits per heavy atom. The zero-order valence-corrected chi connectivity index (χ0v) is 9.25. The average molecular weight is 204 g/mol. The first-order chi connectivity index (χ1) is 6.70. The van der Waals surface area contributed by atoms with Crippen molar-refractivity contribution < 1.29 is 19.0 Å². The minimum Gasteiger partial charge on any atom is -0.466 e. The molecule has 84 valence electrons. The molecule has 4 heteroatoms. The molecule has 4 nitrogen and oxygen atoms in total. The van der Waals surface area contributed by atoms with E-state index in [-0.39, 0.29) is 12.1 Å². The molecule has 0 aromatic rings. The smallest absolute Gasteiger partial charge is 0.308 e. The van der Waals surface area contributed by atoms with Crippen LogP contribution in [0.1, 0.15) is 26.7 Å². The maximum Gasteiger partial charge on any atom is 0.308 e. The van der Waals surface area contributed by atoms with Gasteiger partial charge in [0.25, 0.3) is 0 Å². The number of carbonyl (C=O) groups is 1. The van der Waals surface area contributed by atoms with E-state index in [9.17, 15) is 4.79 Å². The summed E-state index contributed by atoms with van der Waals surface area (Å²) in [5, 5.41) is 0. The van der Waals surface area contributed by atoms with Gasteiger partial charge in [-0.2, -0.15) is 0 Å². The highest BCUT2D eigenvalue weighted by Gasteiger charge is 2.04. The summed E-state index contributed by atoms with van der Waals surface area (Å²) < 4.78 is 15.0. The van der Waals surface area contributed by atoms with E-state index < -0.39 is 0 Å². The van der Waals surface area contributed by atoms with Crippen LogP contribution in [0.5, 0.6) is 0 Å². The Hall–Kier alpha value is -0.610. The Morgan fingerprint density at radius 3 is 2.64 bits per heavy atom. The SMILES string of the molecule is CCOCCC(=O)OCCC(C)OC. The number of carbonyl (C=O) groups excluding carboxylic acids is 1. The second-order valence-electron chi connectivity index (χ2n) is 3.00. The van der Waals surface area contributed by atoms with Crippen molar-refractivity contribution in [2.75, 3.05) is 26.9 Å². The quantitative estimate of drug-likeness (QED) is 0.442. The largest absolute Gasteiger partial charge is 0.466 e. The predicted octanol–water partition coefficient (Wildman–Crippen LogP) is 1.38. The third kappa shape index (κ3) is 8.01. The summed E-state index contributed by atoms with van der Waals surface area (Å²) in [4.78, 5) is 11.0. The van der Waals surface area contributed by atoms with Crippen LogP contribution in [0.25, 0.3) is 0 Å². The molecule has 0 bridgehead atoms. The van der Waals surface area contributed by atoms with E-state index in [4.69, 9.17) is 14.2 Å². The van der Waals surface area contributed by atoms with Crippen LogP contribution in [-0.4, -0.2) is 39.0 Å². The monoisotopic (exact) mass is 204 g/mol. The molecule has 0 heterocycles. The minimum absolute atomic E-state index is 0.134. The lowest BCUT2D eigenvalue weighted by atomic mass is 10.3. The second kappa shape index (κ2) is 8.97. The van der Waals surface area contributed by atoms with Crippen molar-refractivity contribution in [1.29, 1.82) is 0 Å². The van der Waals surface area contributed by atoms with Crippen molar-refractivity contribution in [3.05, 3.63) is 0 Å². The van der Waals surface area contributed by atoms with E-state index in [1.54, 1.807) is 7.11 Å². The third-order valence-electron chi connectivity index (χ3n) is 1.84. The molecule has 0 aliphatic rings. The molecule has 0 amide bonds. The zero-order valence-electron chi connectivity index (χ0n) is 9.25.